The zero-order chi connectivity index (χ0) is 12.8. The zero-order valence-electron chi connectivity index (χ0n) is 10.8. The van der Waals surface area contributed by atoms with Crippen LogP contribution >= 0.6 is 11.6 Å². The third kappa shape index (κ3) is 3.25. The van der Waals surface area contributed by atoms with Crippen LogP contribution in [0, 0.1) is 0 Å². The van der Waals surface area contributed by atoms with Crippen molar-refractivity contribution in [3.63, 3.8) is 0 Å². The highest BCUT2D eigenvalue weighted by Crippen LogP contribution is 2.33. The molecule has 1 heterocycles. The molecule has 1 aromatic rings. The van der Waals surface area contributed by atoms with Gasteiger partial charge in [0.15, 0.2) is 0 Å². The fraction of sp³-hybridized carbons (Fsp3) is 0.692. The second-order valence-electron chi connectivity index (χ2n) is 4.84. The van der Waals surface area contributed by atoms with E-state index in [1.807, 2.05) is 0 Å². The monoisotopic (exact) mass is 269 g/mol. The van der Waals surface area contributed by atoms with Crippen molar-refractivity contribution in [3.05, 3.63) is 12.4 Å². The average molecular weight is 270 g/mol. The molecule has 1 fully saturated rings. The lowest BCUT2D eigenvalue weighted by atomic mass is 10.0. The van der Waals surface area contributed by atoms with E-state index in [1.165, 1.54) is 12.8 Å². The first-order valence-corrected chi connectivity index (χ1v) is 7.10. The van der Waals surface area contributed by atoms with Gasteiger partial charge in [-0.2, -0.15) is 4.98 Å². The van der Waals surface area contributed by atoms with Gasteiger partial charge in [-0.25, -0.2) is 0 Å². The molecule has 1 aliphatic rings. The van der Waals surface area contributed by atoms with Crippen molar-refractivity contribution in [2.75, 3.05) is 17.8 Å². The highest BCUT2D eigenvalue weighted by molar-refractivity contribution is 6.18. The molecule has 1 aromatic heterocycles. The molecule has 0 aliphatic heterocycles. The molecule has 0 radical (unpaired) electrons. The fourth-order valence-corrected chi connectivity index (χ4v) is 2.63. The van der Waals surface area contributed by atoms with Crippen molar-refractivity contribution < 1.29 is 4.74 Å². The van der Waals surface area contributed by atoms with Gasteiger partial charge in [-0.1, -0.05) is 19.8 Å². The Hall–Kier alpha value is -1.03. The lowest BCUT2D eigenvalue weighted by Crippen LogP contribution is -2.37. The van der Waals surface area contributed by atoms with Crippen LogP contribution in [0.2, 0.25) is 0 Å². The molecule has 1 aliphatic carbocycles. The van der Waals surface area contributed by atoms with Crippen molar-refractivity contribution in [3.8, 4) is 5.88 Å². The van der Waals surface area contributed by atoms with Gasteiger partial charge in [0, 0.05) is 5.88 Å². The maximum Gasteiger partial charge on any atom is 0.234 e. The number of rotatable bonds is 6. The summed E-state index contributed by atoms with van der Waals surface area (Å²) >= 11 is 6.10. The van der Waals surface area contributed by atoms with E-state index in [1.54, 1.807) is 12.4 Å². The molecular weight excluding hydrogens is 250 g/mol. The van der Waals surface area contributed by atoms with E-state index in [0.717, 1.165) is 25.1 Å². The lowest BCUT2D eigenvalue weighted by molar-refractivity contribution is 0.304. The number of anilines is 1. The minimum atomic E-state index is -0.0143. The summed E-state index contributed by atoms with van der Waals surface area (Å²) in [4.78, 5) is 8.56. The summed E-state index contributed by atoms with van der Waals surface area (Å²) in [6.07, 6.45) is 8.97. The summed E-state index contributed by atoms with van der Waals surface area (Å²) < 4.78 is 5.48. The molecule has 5 heteroatoms. The Morgan fingerprint density at radius 3 is 2.83 bits per heavy atom. The fourth-order valence-electron chi connectivity index (χ4n) is 2.30. The maximum absolute atomic E-state index is 6.10. The van der Waals surface area contributed by atoms with Gasteiger partial charge < -0.3 is 10.1 Å². The molecule has 2 rings (SSSR count). The molecule has 0 saturated heterocycles. The molecule has 18 heavy (non-hydrogen) atoms. The largest absolute Gasteiger partial charge is 0.477 e. The molecule has 1 saturated carbocycles. The number of nitrogens with one attached hydrogen (secondary N) is 1. The van der Waals surface area contributed by atoms with Crippen molar-refractivity contribution in [1.29, 1.82) is 0 Å². The standard InChI is InChI=1S/C13H20ClN3O/c1-2-7-18-12-9-15-8-11(16-12)17-13(10-14)5-3-4-6-13/h8-9H,2-7,10H2,1H3,(H,16,17). The smallest absolute Gasteiger partial charge is 0.234 e. The Bertz CT molecular complexity index is 380. The van der Waals surface area contributed by atoms with Crippen molar-refractivity contribution in [2.45, 2.75) is 44.6 Å². The summed E-state index contributed by atoms with van der Waals surface area (Å²) in [7, 11) is 0. The Balaban J connectivity index is 2.04. The molecule has 100 valence electrons. The van der Waals surface area contributed by atoms with Gasteiger partial charge in [-0.3, -0.25) is 4.98 Å². The molecule has 0 spiro atoms. The Labute approximate surface area is 113 Å². The number of hydrogen-bond donors (Lipinski definition) is 1. The van der Waals surface area contributed by atoms with Crippen molar-refractivity contribution in [2.24, 2.45) is 0 Å². The number of hydrogen-bond acceptors (Lipinski definition) is 4. The summed E-state index contributed by atoms with van der Waals surface area (Å²) in [5, 5.41) is 3.44. The summed E-state index contributed by atoms with van der Waals surface area (Å²) in [5.41, 5.74) is -0.0143. The van der Waals surface area contributed by atoms with E-state index in [9.17, 15) is 0 Å². The number of aromatic nitrogens is 2. The van der Waals surface area contributed by atoms with Crippen LogP contribution in [0.25, 0.3) is 0 Å². The van der Waals surface area contributed by atoms with E-state index in [2.05, 4.69) is 22.2 Å². The lowest BCUT2D eigenvalue weighted by Gasteiger charge is -2.28. The van der Waals surface area contributed by atoms with Crippen LogP contribution in [0.5, 0.6) is 5.88 Å². The minimum absolute atomic E-state index is 0.0143. The second-order valence-corrected chi connectivity index (χ2v) is 5.10. The molecular formula is C13H20ClN3O. The second kappa shape index (κ2) is 6.23. The highest BCUT2D eigenvalue weighted by atomic mass is 35.5. The SMILES string of the molecule is CCCOc1cncc(NC2(CCl)CCCC2)n1. The molecule has 1 N–H and O–H groups in total. The van der Waals surface area contributed by atoms with Crippen LogP contribution in [-0.4, -0.2) is 28.0 Å². The van der Waals surface area contributed by atoms with Gasteiger partial charge in [0.2, 0.25) is 5.88 Å². The first-order chi connectivity index (χ1) is 8.78. The topological polar surface area (TPSA) is 47.0 Å². The number of nitrogens with zero attached hydrogens (tertiary/aromatic N) is 2. The van der Waals surface area contributed by atoms with Gasteiger partial charge in [0.1, 0.15) is 5.82 Å². The van der Waals surface area contributed by atoms with Crippen molar-refractivity contribution in [1.82, 2.24) is 9.97 Å². The summed E-state index contributed by atoms with van der Waals surface area (Å²) in [5.74, 6) is 1.94. The van der Waals surface area contributed by atoms with E-state index in [0.29, 0.717) is 18.4 Å². The Morgan fingerprint density at radius 1 is 1.39 bits per heavy atom. The van der Waals surface area contributed by atoms with E-state index >= 15 is 0 Å². The number of alkyl halides is 1. The van der Waals surface area contributed by atoms with Gasteiger partial charge in [0.25, 0.3) is 0 Å². The van der Waals surface area contributed by atoms with E-state index in [4.69, 9.17) is 16.3 Å². The minimum Gasteiger partial charge on any atom is -0.477 e. The first kappa shape index (κ1) is 13.4. The zero-order valence-corrected chi connectivity index (χ0v) is 11.5. The summed E-state index contributed by atoms with van der Waals surface area (Å²) in [6, 6.07) is 0. The first-order valence-electron chi connectivity index (χ1n) is 6.57. The predicted octanol–water partition coefficient (Wildman–Crippen LogP) is 3.23. The van der Waals surface area contributed by atoms with E-state index < -0.39 is 0 Å². The maximum atomic E-state index is 6.10. The molecule has 0 unspecified atom stereocenters. The van der Waals surface area contributed by atoms with Gasteiger partial charge in [-0.05, 0) is 19.3 Å². The normalized spacial score (nSPS) is 17.7. The quantitative estimate of drug-likeness (QED) is 0.806. The van der Waals surface area contributed by atoms with Crippen LogP contribution < -0.4 is 10.1 Å². The van der Waals surface area contributed by atoms with Crippen LogP contribution in [0.15, 0.2) is 12.4 Å². The van der Waals surface area contributed by atoms with Crippen LogP contribution in [-0.2, 0) is 0 Å². The Kier molecular flexibility index (Phi) is 4.64. The average Bonchev–Trinajstić information content (AvgIpc) is 2.86. The number of halogens is 1. The number of ether oxygens (including phenoxy) is 1. The molecule has 0 amide bonds. The molecule has 4 nitrogen and oxygen atoms in total. The van der Waals surface area contributed by atoms with Crippen molar-refractivity contribution >= 4 is 17.4 Å². The molecule has 0 atom stereocenters. The summed E-state index contributed by atoms with van der Waals surface area (Å²) in [6.45, 7) is 2.73. The van der Waals surface area contributed by atoms with E-state index in [-0.39, 0.29) is 5.54 Å². The highest BCUT2D eigenvalue weighted by Gasteiger charge is 2.33. The molecule has 0 bridgehead atoms. The van der Waals surface area contributed by atoms with Crippen LogP contribution in [0.3, 0.4) is 0 Å². The Morgan fingerprint density at radius 2 is 2.17 bits per heavy atom. The van der Waals surface area contributed by atoms with Gasteiger partial charge >= 0.3 is 0 Å². The third-order valence-corrected chi connectivity index (χ3v) is 3.79. The molecule has 0 aromatic carbocycles. The third-order valence-electron chi connectivity index (χ3n) is 3.28. The van der Waals surface area contributed by atoms with Gasteiger partial charge in [-0.15, -0.1) is 11.6 Å². The van der Waals surface area contributed by atoms with Gasteiger partial charge in [0.05, 0.1) is 24.5 Å². The van der Waals surface area contributed by atoms with Crippen LogP contribution in [0.4, 0.5) is 5.82 Å². The predicted molar refractivity (Wildman–Crippen MR) is 73.4 cm³/mol. The van der Waals surface area contributed by atoms with Crippen LogP contribution in [0.1, 0.15) is 39.0 Å².